The maximum atomic E-state index is 5.12. The number of benzene rings is 8. The summed E-state index contributed by atoms with van der Waals surface area (Å²) in [4.78, 5) is 19.9. The fourth-order valence-corrected chi connectivity index (χ4v) is 7.45. The topological polar surface area (TPSA) is 51.6 Å². The summed E-state index contributed by atoms with van der Waals surface area (Å²) in [5.41, 5.74) is 7.06. The lowest BCUT2D eigenvalue weighted by atomic mass is 9.90. The van der Waals surface area contributed by atoms with Gasteiger partial charge in [-0.25, -0.2) is 15.0 Å². The Hall–Kier alpha value is -7.04. The number of nitrogens with zero attached hydrogens (tertiary/aromatic N) is 4. The molecule has 0 spiro atoms. The molecule has 0 saturated carbocycles. The number of aromatic nitrogens is 4. The van der Waals surface area contributed by atoms with Gasteiger partial charge in [-0.15, -0.1) is 0 Å². The quantitative estimate of drug-likeness (QED) is 0.172. The summed E-state index contributed by atoms with van der Waals surface area (Å²) in [6.45, 7) is 0. The van der Waals surface area contributed by atoms with E-state index in [0.717, 1.165) is 49.7 Å². The van der Waals surface area contributed by atoms with Gasteiger partial charge in [-0.2, -0.15) is 0 Å². The van der Waals surface area contributed by atoms with Gasteiger partial charge >= 0.3 is 0 Å². The van der Waals surface area contributed by atoms with Crippen molar-refractivity contribution in [3.05, 3.63) is 182 Å². The Balaban J connectivity index is 1.25. The number of hydrogen-bond donors (Lipinski definition) is 0. The lowest BCUT2D eigenvalue weighted by Gasteiger charge is -2.15. The van der Waals surface area contributed by atoms with Crippen LogP contribution in [-0.4, -0.2) is 19.9 Å². The molecule has 0 saturated heterocycles. The Bertz CT molecular complexity index is 2860. The van der Waals surface area contributed by atoms with Crippen molar-refractivity contribution in [3.63, 3.8) is 0 Å². The van der Waals surface area contributed by atoms with Crippen LogP contribution in [0, 0.1) is 0 Å². The molecule has 8 aromatic carbocycles. The summed E-state index contributed by atoms with van der Waals surface area (Å²) in [5.74, 6) is 1.88. The Labute approximate surface area is 300 Å². The van der Waals surface area contributed by atoms with E-state index in [1.54, 1.807) is 0 Å². The van der Waals surface area contributed by atoms with E-state index >= 15 is 0 Å². The fraction of sp³-hybridized carbons (Fsp3) is 0. The second-order valence-corrected chi connectivity index (χ2v) is 13.1. The zero-order valence-electron chi connectivity index (χ0n) is 28.1. The predicted octanol–water partition coefficient (Wildman–Crippen LogP) is 12.2. The first kappa shape index (κ1) is 29.8. The molecular weight excluding hydrogens is 633 g/mol. The van der Waals surface area contributed by atoms with Gasteiger partial charge in [0.1, 0.15) is 0 Å². The molecule has 0 unspecified atom stereocenters. The van der Waals surface area contributed by atoms with Crippen molar-refractivity contribution in [1.29, 1.82) is 0 Å². The normalized spacial score (nSPS) is 11.5. The second kappa shape index (κ2) is 12.4. The molecule has 4 heteroatoms. The van der Waals surface area contributed by atoms with Crippen LogP contribution < -0.4 is 0 Å². The van der Waals surface area contributed by atoms with Crippen molar-refractivity contribution in [2.45, 2.75) is 0 Å². The van der Waals surface area contributed by atoms with Crippen LogP contribution in [0.1, 0.15) is 0 Å². The molecule has 2 heterocycles. The summed E-state index contributed by atoms with van der Waals surface area (Å²) < 4.78 is 0. The molecule has 4 nitrogen and oxygen atoms in total. The van der Waals surface area contributed by atoms with Crippen molar-refractivity contribution in [2.24, 2.45) is 0 Å². The van der Waals surface area contributed by atoms with Crippen LogP contribution in [0.25, 0.3) is 99.5 Å². The predicted molar refractivity (Wildman–Crippen MR) is 215 cm³/mol. The third kappa shape index (κ3) is 5.17. The number of fused-ring (bicyclic) bond motifs is 7. The van der Waals surface area contributed by atoms with Crippen molar-refractivity contribution >= 4 is 43.1 Å². The van der Waals surface area contributed by atoms with E-state index in [2.05, 4.69) is 114 Å². The Morgan fingerprint density at radius 2 is 0.731 bits per heavy atom. The molecule has 0 amide bonds. The molecule has 0 fully saturated rings. The van der Waals surface area contributed by atoms with Crippen LogP contribution >= 0.6 is 0 Å². The van der Waals surface area contributed by atoms with Crippen LogP contribution in [0.3, 0.4) is 0 Å². The van der Waals surface area contributed by atoms with Crippen molar-refractivity contribution < 1.29 is 0 Å². The van der Waals surface area contributed by atoms with E-state index in [-0.39, 0.29) is 0 Å². The van der Waals surface area contributed by atoms with E-state index in [1.807, 2.05) is 73.1 Å². The summed E-state index contributed by atoms with van der Waals surface area (Å²) in [5, 5.41) is 9.72. The Morgan fingerprint density at radius 1 is 0.269 bits per heavy atom. The highest BCUT2D eigenvalue weighted by atomic mass is 15.0. The Morgan fingerprint density at radius 3 is 1.35 bits per heavy atom. The zero-order chi connectivity index (χ0) is 34.4. The van der Waals surface area contributed by atoms with Gasteiger partial charge in [0, 0.05) is 40.0 Å². The van der Waals surface area contributed by atoms with Gasteiger partial charge in [0.2, 0.25) is 0 Å². The molecule has 0 radical (unpaired) electrons. The lowest BCUT2D eigenvalue weighted by Crippen LogP contribution is -2.00. The van der Waals surface area contributed by atoms with E-state index in [9.17, 15) is 0 Å². The summed E-state index contributed by atoms with van der Waals surface area (Å²) >= 11 is 0. The lowest BCUT2D eigenvalue weighted by molar-refractivity contribution is 1.07. The molecule has 0 atom stereocenters. The van der Waals surface area contributed by atoms with Gasteiger partial charge in [-0.05, 0) is 78.7 Å². The van der Waals surface area contributed by atoms with Crippen molar-refractivity contribution in [3.8, 4) is 56.4 Å². The first-order valence-corrected chi connectivity index (χ1v) is 17.5. The molecule has 10 aromatic rings. The van der Waals surface area contributed by atoms with E-state index in [1.165, 1.54) is 32.3 Å². The smallest absolute Gasteiger partial charge is 0.164 e. The van der Waals surface area contributed by atoms with Crippen LogP contribution in [0.4, 0.5) is 0 Å². The molecule has 242 valence electrons. The van der Waals surface area contributed by atoms with Crippen LogP contribution in [0.5, 0.6) is 0 Å². The van der Waals surface area contributed by atoms with E-state index < -0.39 is 0 Å². The molecule has 0 aliphatic carbocycles. The highest BCUT2D eigenvalue weighted by Crippen LogP contribution is 2.40. The molecule has 0 aliphatic rings. The van der Waals surface area contributed by atoms with E-state index in [4.69, 9.17) is 15.0 Å². The minimum atomic E-state index is 0.612. The summed E-state index contributed by atoms with van der Waals surface area (Å²) in [7, 11) is 0. The van der Waals surface area contributed by atoms with Crippen molar-refractivity contribution in [1.82, 2.24) is 19.9 Å². The standard InChI is InChI=1S/C48H30N4/c1-3-13-31(14-4-1)46-50-47(32-15-5-2-6-16-32)52-48(51-46)37-26-35(25-36(27-37)45-30-49-29-34-17-7-8-18-38(34)45)33-23-24-43-41-21-10-9-19-39(41)40-20-11-12-22-42(40)44(43)28-33/h1-30H. The first-order chi connectivity index (χ1) is 25.8. The summed E-state index contributed by atoms with van der Waals surface area (Å²) in [6, 6.07) is 59.6. The highest BCUT2D eigenvalue weighted by Gasteiger charge is 2.17. The average molecular weight is 663 g/mol. The van der Waals surface area contributed by atoms with Crippen LogP contribution in [-0.2, 0) is 0 Å². The van der Waals surface area contributed by atoms with Gasteiger partial charge in [0.15, 0.2) is 17.5 Å². The SMILES string of the molecule is c1ccc(-c2nc(-c3ccccc3)nc(-c3cc(-c4ccc5c6ccccc6c6ccccc6c5c4)cc(-c4cncc5ccccc45)c3)n2)cc1. The minimum absolute atomic E-state index is 0.612. The first-order valence-electron chi connectivity index (χ1n) is 17.5. The van der Waals surface area contributed by atoms with E-state index in [0.29, 0.717) is 17.5 Å². The van der Waals surface area contributed by atoms with Crippen LogP contribution in [0.2, 0.25) is 0 Å². The fourth-order valence-electron chi connectivity index (χ4n) is 7.45. The average Bonchev–Trinajstić information content (AvgIpc) is 3.23. The summed E-state index contributed by atoms with van der Waals surface area (Å²) in [6.07, 6.45) is 3.88. The van der Waals surface area contributed by atoms with Gasteiger partial charge < -0.3 is 0 Å². The van der Waals surface area contributed by atoms with Gasteiger partial charge in [0.25, 0.3) is 0 Å². The molecule has 2 aromatic heterocycles. The van der Waals surface area contributed by atoms with Gasteiger partial charge in [0.05, 0.1) is 0 Å². The monoisotopic (exact) mass is 662 g/mol. The highest BCUT2D eigenvalue weighted by molar-refractivity contribution is 6.25. The zero-order valence-corrected chi connectivity index (χ0v) is 28.1. The maximum absolute atomic E-state index is 5.12. The molecule has 52 heavy (non-hydrogen) atoms. The van der Waals surface area contributed by atoms with Gasteiger partial charge in [-0.3, -0.25) is 4.98 Å². The molecule has 0 N–H and O–H groups in total. The maximum Gasteiger partial charge on any atom is 0.164 e. The molecule has 0 aliphatic heterocycles. The molecule has 10 rings (SSSR count). The van der Waals surface area contributed by atoms with Crippen molar-refractivity contribution in [2.75, 3.05) is 0 Å². The Kier molecular flexibility index (Phi) is 7.10. The number of hydrogen-bond acceptors (Lipinski definition) is 4. The number of pyridine rings is 1. The third-order valence-corrected chi connectivity index (χ3v) is 9.95. The number of rotatable bonds is 5. The largest absolute Gasteiger partial charge is 0.263 e. The third-order valence-electron chi connectivity index (χ3n) is 9.95. The molecule has 0 bridgehead atoms. The second-order valence-electron chi connectivity index (χ2n) is 13.1. The van der Waals surface area contributed by atoms with Crippen LogP contribution in [0.15, 0.2) is 182 Å². The van der Waals surface area contributed by atoms with Gasteiger partial charge in [-0.1, -0.05) is 146 Å². The minimum Gasteiger partial charge on any atom is -0.263 e. The molecular formula is C48H30N4.